The minimum Gasteiger partial charge on any atom is -0.353 e. The Bertz CT molecular complexity index is 114. The van der Waals surface area contributed by atoms with Gasteiger partial charge in [0.25, 0.3) is 0 Å². The average Bonchev–Trinajstić information content (AvgIpc) is 2.18. The molecule has 86 valence electrons. The van der Waals surface area contributed by atoms with Gasteiger partial charge in [0.15, 0.2) is 6.29 Å². The summed E-state index contributed by atoms with van der Waals surface area (Å²) in [6.45, 7) is 9.97. The van der Waals surface area contributed by atoms with Gasteiger partial charge in [-0.2, -0.15) is 11.8 Å². The molecule has 0 saturated heterocycles. The zero-order valence-corrected chi connectivity index (χ0v) is 10.7. The molecule has 0 aromatic carbocycles. The molecule has 0 fully saturated rings. The maximum atomic E-state index is 5.46. The second kappa shape index (κ2) is 9.81. The van der Waals surface area contributed by atoms with Gasteiger partial charge >= 0.3 is 0 Å². The summed E-state index contributed by atoms with van der Waals surface area (Å²) in [5.41, 5.74) is 0. The van der Waals surface area contributed by atoms with E-state index in [0.29, 0.717) is 0 Å². The molecule has 0 aromatic heterocycles. The molecule has 0 bridgehead atoms. The van der Waals surface area contributed by atoms with Crippen molar-refractivity contribution in [2.75, 3.05) is 19.0 Å². The molecule has 0 aliphatic carbocycles. The van der Waals surface area contributed by atoms with Gasteiger partial charge in [0, 0.05) is 24.9 Å². The molecule has 2 nitrogen and oxygen atoms in total. The molecule has 14 heavy (non-hydrogen) atoms. The van der Waals surface area contributed by atoms with E-state index < -0.39 is 0 Å². The molecule has 1 unspecified atom stereocenters. The predicted molar refractivity (Wildman–Crippen MR) is 63.9 cm³/mol. The molecule has 0 aromatic rings. The first-order valence-electron chi connectivity index (χ1n) is 5.59. The Morgan fingerprint density at radius 3 is 2.07 bits per heavy atom. The molecule has 0 saturated carbocycles. The van der Waals surface area contributed by atoms with E-state index in [1.165, 1.54) is 6.42 Å². The van der Waals surface area contributed by atoms with Crippen LogP contribution in [0.4, 0.5) is 0 Å². The minimum atomic E-state index is 0.00144. The van der Waals surface area contributed by atoms with Crippen LogP contribution in [0.1, 0.15) is 40.5 Å². The van der Waals surface area contributed by atoms with Crippen LogP contribution in [0.5, 0.6) is 0 Å². The Balaban J connectivity index is 3.49. The van der Waals surface area contributed by atoms with Gasteiger partial charge in [-0.25, -0.2) is 0 Å². The normalized spacial score (nSPS) is 13.5. The molecular weight excluding hydrogens is 196 g/mol. The predicted octanol–water partition coefficient (Wildman–Crippen LogP) is 3.31. The van der Waals surface area contributed by atoms with Crippen molar-refractivity contribution in [2.24, 2.45) is 0 Å². The van der Waals surface area contributed by atoms with E-state index in [0.717, 1.165) is 30.6 Å². The van der Waals surface area contributed by atoms with E-state index in [4.69, 9.17) is 9.47 Å². The fourth-order valence-corrected chi connectivity index (χ4v) is 2.04. The molecule has 0 heterocycles. The molecule has 0 spiro atoms. The second-order valence-electron chi connectivity index (χ2n) is 3.22. The lowest BCUT2D eigenvalue weighted by Gasteiger charge is -2.17. The second-order valence-corrected chi connectivity index (χ2v) is 4.76. The molecule has 1 atom stereocenters. The maximum Gasteiger partial charge on any atom is 0.158 e. The van der Waals surface area contributed by atoms with Crippen molar-refractivity contribution in [1.82, 2.24) is 0 Å². The molecule has 0 rings (SSSR count). The molecule has 0 amide bonds. The van der Waals surface area contributed by atoms with Crippen molar-refractivity contribution in [3.05, 3.63) is 0 Å². The number of rotatable bonds is 9. The van der Waals surface area contributed by atoms with E-state index in [9.17, 15) is 0 Å². The largest absolute Gasteiger partial charge is 0.353 e. The third-order valence-corrected chi connectivity index (χ3v) is 3.41. The number of hydrogen-bond acceptors (Lipinski definition) is 3. The van der Waals surface area contributed by atoms with Gasteiger partial charge in [-0.1, -0.05) is 13.8 Å². The van der Waals surface area contributed by atoms with Crippen LogP contribution in [0.2, 0.25) is 0 Å². The smallest absolute Gasteiger partial charge is 0.158 e. The van der Waals surface area contributed by atoms with Crippen LogP contribution >= 0.6 is 11.8 Å². The summed E-state index contributed by atoms with van der Waals surface area (Å²) in [7, 11) is 0. The number of hydrogen-bond donors (Lipinski definition) is 0. The molecule has 0 radical (unpaired) electrons. The lowest BCUT2D eigenvalue weighted by Crippen LogP contribution is -2.18. The first kappa shape index (κ1) is 14.3. The highest BCUT2D eigenvalue weighted by molar-refractivity contribution is 7.99. The highest BCUT2D eigenvalue weighted by Crippen LogP contribution is 2.16. The SMILES string of the molecule is CCOC(CCSC(C)CC)OCC. The first-order valence-corrected chi connectivity index (χ1v) is 6.64. The van der Waals surface area contributed by atoms with Crippen molar-refractivity contribution in [2.45, 2.75) is 52.1 Å². The van der Waals surface area contributed by atoms with E-state index in [2.05, 4.69) is 13.8 Å². The summed E-state index contributed by atoms with van der Waals surface area (Å²) < 4.78 is 10.9. The molecule has 0 aliphatic rings. The Kier molecular flexibility index (Phi) is 10.0. The van der Waals surface area contributed by atoms with Crippen molar-refractivity contribution in [1.29, 1.82) is 0 Å². The summed E-state index contributed by atoms with van der Waals surface area (Å²) in [4.78, 5) is 0. The van der Waals surface area contributed by atoms with Gasteiger partial charge in [-0.15, -0.1) is 0 Å². The van der Waals surface area contributed by atoms with E-state index in [1.54, 1.807) is 0 Å². The number of thioether (sulfide) groups is 1. The van der Waals surface area contributed by atoms with E-state index in [1.807, 2.05) is 25.6 Å². The zero-order chi connectivity index (χ0) is 10.8. The first-order chi connectivity index (χ1) is 6.74. The zero-order valence-electron chi connectivity index (χ0n) is 9.91. The Morgan fingerprint density at radius 2 is 1.64 bits per heavy atom. The van der Waals surface area contributed by atoms with Gasteiger partial charge in [-0.3, -0.25) is 0 Å². The van der Waals surface area contributed by atoms with Crippen LogP contribution in [0.15, 0.2) is 0 Å². The van der Waals surface area contributed by atoms with Crippen LogP contribution in [0.3, 0.4) is 0 Å². The lowest BCUT2D eigenvalue weighted by molar-refractivity contribution is -0.136. The molecule has 0 aliphatic heterocycles. The van der Waals surface area contributed by atoms with Crippen LogP contribution in [0, 0.1) is 0 Å². The fourth-order valence-electron chi connectivity index (χ4n) is 1.07. The quantitative estimate of drug-likeness (QED) is 0.555. The maximum absolute atomic E-state index is 5.46. The van der Waals surface area contributed by atoms with Gasteiger partial charge in [0.05, 0.1) is 0 Å². The van der Waals surface area contributed by atoms with E-state index >= 15 is 0 Å². The summed E-state index contributed by atoms with van der Waals surface area (Å²) in [6.07, 6.45) is 2.23. The number of ether oxygens (including phenoxy) is 2. The van der Waals surface area contributed by atoms with Crippen molar-refractivity contribution in [3.63, 3.8) is 0 Å². The van der Waals surface area contributed by atoms with Gasteiger partial charge in [0.2, 0.25) is 0 Å². The molecule has 3 heteroatoms. The Labute approximate surface area is 92.7 Å². The van der Waals surface area contributed by atoms with Crippen molar-refractivity contribution < 1.29 is 9.47 Å². The Hall–Kier alpha value is 0.270. The topological polar surface area (TPSA) is 18.5 Å². The minimum absolute atomic E-state index is 0.00144. The van der Waals surface area contributed by atoms with Crippen molar-refractivity contribution >= 4 is 11.8 Å². The standard InChI is InChI=1S/C11H24O2S/c1-5-10(4)14-9-8-11(12-6-2)13-7-3/h10-11H,5-9H2,1-4H3. The van der Waals surface area contributed by atoms with Crippen molar-refractivity contribution in [3.8, 4) is 0 Å². The Morgan fingerprint density at radius 1 is 1.07 bits per heavy atom. The molecule has 0 N–H and O–H groups in total. The summed E-state index contributed by atoms with van der Waals surface area (Å²) in [6, 6.07) is 0. The van der Waals surface area contributed by atoms with Crippen LogP contribution in [-0.4, -0.2) is 30.5 Å². The van der Waals surface area contributed by atoms with Gasteiger partial charge < -0.3 is 9.47 Å². The van der Waals surface area contributed by atoms with Gasteiger partial charge in [-0.05, 0) is 26.0 Å². The monoisotopic (exact) mass is 220 g/mol. The summed E-state index contributed by atoms with van der Waals surface area (Å²) in [5.74, 6) is 1.12. The third-order valence-electron chi connectivity index (χ3n) is 2.04. The third kappa shape index (κ3) is 7.65. The summed E-state index contributed by atoms with van der Waals surface area (Å²) >= 11 is 2.00. The van der Waals surface area contributed by atoms with Crippen LogP contribution in [-0.2, 0) is 9.47 Å². The average molecular weight is 220 g/mol. The van der Waals surface area contributed by atoms with Crippen LogP contribution in [0.25, 0.3) is 0 Å². The van der Waals surface area contributed by atoms with Gasteiger partial charge in [0.1, 0.15) is 0 Å². The van der Waals surface area contributed by atoms with Crippen LogP contribution < -0.4 is 0 Å². The van der Waals surface area contributed by atoms with E-state index in [-0.39, 0.29) is 6.29 Å². The molecular formula is C11H24O2S. The highest BCUT2D eigenvalue weighted by Gasteiger charge is 2.08. The fraction of sp³-hybridized carbons (Fsp3) is 1.00. The lowest BCUT2D eigenvalue weighted by atomic mass is 10.4. The highest BCUT2D eigenvalue weighted by atomic mass is 32.2. The summed E-state index contributed by atoms with van der Waals surface area (Å²) in [5, 5.41) is 0.749.